The maximum absolute atomic E-state index is 13.2. The van der Waals surface area contributed by atoms with E-state index in [9.17, 15) is 28.0 Å². The number of hydrogen-bond acceptors (Lipinski definition) is 7. The molecule has 1 amide bonds. The van der Waals surface area contributed by atoms with Crippen molar-refractivity contribution >= 4 is 22.8 Å². The number of alkyl halides is 3. The molecule has 1 fully saturated rings. The number of halogens is 3. The summed E-state index contributed by atoms with van der Waals surface area (Å²) in [6.07, 6.45) is -3.06. The molecule has 1 saturated heterocycles. The fraction of sp³-hybridized carbons (Fsp3) is 0.464. The van der Waals surface area contributed by atoms with Crippen molar-refractivity contribution < 1.29 is 18.0 Å². The molecule has 3 aromatic rings. The molecule has 1 N–H and O–H groups in total. The minimum atomic E-state index is -4.45. The Kier molecular flexibility index (Phi) is 8.44. The number of aromatic nitrogens is 3. The summed E-state index contributed by atoms with van der Waals surface area (Å²) in [5, 5.41) is 12.3. The van der Waals surface area contributed by atoms with E-state index in [2.05, 4.69) is 25.1 Å². The minimum Gasteiger partial charge on any atom is -0.354 e. The van der Waals surface area contributed by atoms with Crippen molar-refractivity contribution in [3.8, 4) is 6.07 Å². The van der Waals surface area contributed by atoms with Gasteiger partial charge in [0.25, 0.3) is 0 Å². The van der Waals surface area contributed by atoms with Gasteiger partial charge in [0.1, 0.15) is 17.3 Å². The summed E-state index contributed by atoms with van der Waals surface area (Å²) >= 11 is 0. The molecule has 212 valence electrons. The Hall–Kier alpha value is -3.98. The number of amides is 1. The monoisotopic (exact) mass is 555 g/mol. The van der Waals surface area contributed by atoms with Crippen molar-refractivity contribution in [1.82, 2.24) is 24.8 Å². The van der Waals surface area contributed by atoms with Gasteiger partial charge in [-0.2, -0.15) is 23.4 Å². The van der Waals surface area contributed by atoms with Crippen LogP contribution in [0.4, 0.5) is 19.0 Å². The summed E-state index contributed by atoms with van der Waals surface area (Å²) in [6, 6.07) is 9.81. The predicted molar refractivity (Wildman–Crippen MR) is 145 cm³/mol. The van der Waals surface area contributed by atoms with Crippen LogP contribution >= 0.6 is 0 Å². The molecule has 1 aliphatic heterocycles. The average molecular weight is 556 g/mol. The van der Waals surface area contributed by atoms with Crippen molar-refractivity contribution in [2.24, 2.45) is 7.05 Å². The number of nitrogens with zero attached hydrogens (tertiary/aromatic N) is 6. The molecule has 12 heteroatoms. The molecule has 3 heterocycles. The van der Waals surface area contributed by atoms with Crippen LogP contribution in [0.25, 0.3) is 11.0 Å². The van der Waals surface area contributed by atoms with Crippen molar-refractivity contribution in [2.45, 2.75) is 57.9 Å². The summed E-state index contributed by atoms with van der Waals surface area (Å²) in [4.78, 5) is 37.8. The van der Waals surface area contributed by atoms with Crippen molar-refractivity contribution in [3.05, 3.63) is 63.7 Å². The van der Waals surface area contributed by atoms with Crippen LogP contribution in [-0.2, 0) is 18.0 Å². The molecule has 4 rings (SSSR count). The lowest BCUT2D eigenvalue weighted by atomic mass is 9.95. The highest BCUT2D eigenvalue weighted by Gasteiger charge is 2.38. The van der Waals surface area contributed by atoms with E-state index in [0.717, 1.165) is 12.1 Å². The average Bonchev–Trinajstić information content (AvgIpc) is 2.94. The predicted octanol–water partition coefficient (Wildman–Crippen LogP) is 3.78. The Morgan fingerprint density at radius 2 is 1.77 bits per heavy atom. The molecule has 0 spiro atoms. The first-order valence-electron chi connectivity index (χ1n) is 13.2. The van der Waals surface area contributed by atoms with Gasteiger partial charge in [-0.25, -0.2) is 9.78 Å². The smallest absolute Gasteiger partial charge is 0.354 e. The second kappa shape index (κ2) is 11.6. The number of rotatable bonds is 7. The van der Waals surface area contributed by atoms with Crippen LogP contribution in [0.3, 0.4) is 0 Å². The summed E-state index contributed by atoms with van der Waals surface area (Å²) in [7, 11) is 1.61. The van der Waals surface area contributed by atoms with E-state index in [1.54, 1.807) is 19.2 Å². The van der Waals surface area contributed by atoms with E-state index in [1.807, 2.05) is 19.9 Å². The van der Waals surface area contributed by atoms with Crippen molar-refractivity contribution in [2.75, 3.05) is 24.5 Å². The van der Waals surface area contributed by atoms with Gasteiger partial charge >= 0.3 is 11.9 Å². The summed E-state index contributed by atoms with van der Waals surface area (Å²) in [5.74, 6) is 0.180. The fourth-order valence-electron chi connectivity index (χ4n) is 5.36. The molecule has 0 aliphatic carbocycles. The molecule has 3 atom stereocenters. The van der Waals surface area contributed by atoms with E-state index >= 15 is 0 Å². The van der Waals surface area contributed by atoms with Crippen LogP contribution in [0.1, 0.15) is 56.5 Å². The Balaban J connectivity index is 1.76. The van der Waals surface area contributed by atoms with Gasteiger partial charge < -0.3 is 10.2 Å². The molecular formula is C28H32F3N7O2. The molecule has 1 aliphatic rings. The highest BCUT2D eigenvalue weighted by molar-refractivity contribution is 5.86. The van der Waals surface area contributed by atoms with Gasteiger partial charge in [-0.05, 0) is 42.7 Å². The largest absolute Gasteiger partial charge is 0.416 e. The molecule has 1 aromatic carbocycles. The van der Waals surface area contributed by atoms with Crippen LogP contribution in [0.2, 0.25) is 0 Å². The van der Waals surface area contributed by atoms with Crippen LogP contribution in [0, 0.1) is 11.3 Å². The molecule has 2 unspecified atom stereocenters. The van der Waals surface area contributed by atoms with Crippen LogP contribution in [0.5, 0.6) is 0 Å². The first kappa shape index (κ1) is 29.0. The van der Waals surface area contributed by atoms with E-state index in [-0.39, 0.29) is 36.3 Å². The summed E-state index contributed by atoms with van der Waals surface area (Å²) in [5.41, 5.74) is 0.734. The highest BCUT2D eigenvalue weighted by Crippen LogP contribution is 2.35. The number of benzene rings is 1. The zero-order chi connectivity index (χ0) is 29.2. The van der Waals surface area contributed by atoms with Gasteiger partial charge in [0, 0.05) is 45.7 Å². The first-order valence-corrected chi connectivity index (χ1v) is 13.2. The second-order valence-electron chi connectivity index (χ2n) is 10.00. The Morgan fingerprint density at radius 1 is 1.10 bits per heavy atom. The summed E-state index contributed by atoms with van der Waals surface area (Å²) < 4.78 is 41.1. The van der Waals surface area contributed by atoms with E-state index in [0.29, 0.717) is 48.3 Å². The lowest BCUT2D eigenvalue weighted by Gasteiger charge is -2.49. The number of aryl methyl sites for hydroxylation is 1. The van der Waals surface area contributed by atoms with Gasteiger partial charge in [-0.15, -0.1) is 0 Å². The lowest BCUT2D eigenvalue weighted by molar-refractivity contribution is -0.137. The third-order valence-electron chi connectivity index (χ3n) is 7.57. The Morgan fingerprint density at radius 3 is 2.35 bits per heavy atom. The number of pyridine rings is 1. The molecule has 9 nitrogen and oxygen atoms in total. The van der Waals surface area contributed by atoms with E-state index in [4.69, 9.17) is 0 Å². The Labute approximate surface area is 230 Å². The van der Waals surface area contributed by atoms with Crippen LogP contribution in [0.15, 0.2) is 41.2 Å². The lowest BCUT2D eigenvalue weighted by Crippen LogP contribution is -2.60. The van der Waals surface area contributed by atoms with Crippen molar-refractivity contribution in [1.29, 1.82) is 5.26 Å². The quantitative estimate of drug-likeness (QED) is 0.473. The van der Waals surface area contributed by atoms with Gasteiger partial charge in [-0.3, -0.25) is 14.3 Å². The number of carbonyl (C=O) groups excluding carboxylic acids is 1. The molecule has 0 bridgehead atoms. The minimum absolute atomic E-state index is 0.0797. The normalized spacial score (nSPS) is 18.9. The van der Waals surface area contributed by atoms with Crippen LogP contribution in [-0.4, -0.2) is 57.1 Å². The maximum Gasteiger partial charge on any atom is 0.416 e. The number of hydrogen-bond donors (Lipinski definition) is 1. The number of anilines is 1. The fourth-order valence-corrected chi connectivity index (χ4v) is 5.36. The topological polar surface area (TPSA) is 107 Å². The third-order valence-corrected chi connectivity index (χ3v) is 7.57. The van der Waals surface area contributed by atoms with E-state index < -0.39 is 17.4 Å². The number of fused-ring (bicyclic) bond motifs is 1. The van der Waals surface area contributed by atoms with Gasteiger partial charge in [-0.1, -0.05) is 26.0 Å². The number of nitrogens with one attached hydrogen (secondary N) is 1. The Bertz CT molecular complexity index is 1480. The van der Waals surface area contributed by atoms with Gasteiger partial charge in [0.05, 0.1) is 17.1 Å². The molecular weight excluding hydrogens is 523 g/mol. The SMILES string of the molecule is CCC1CN(C(CNC(C)=O)c2ccc(C(F)(F)F)cc2)[C@H](CC)CN1c1nc(=O)n(C)c2ccc(C#N)nc12. The number of nitriles is 1. The maximum atomic E-state index is 13.2. The van der Waals surface area contributed by atoms with Gasteiger partial charge in [0.2, 0.25) is 5.91 Å². The molecule has 2 aromatic heterocycles. The number of carbonyl (C=O) groups is 1. The van der Waals surface area contributed by atoms with Gasteiger partial charge in [0.15, 0.2) is 5.82 Å². The van der Waals surface area contributed by atoms with Crippen molar-refractivity contribution in [3.63, 3.8) is 0 Å². The zero-order valence-corrected chi connectivity index (χ0v) is 22.9. The molecule has 0 radical (unpaired) electrons. The third kappa shape index (κ3) is 5.79. The zero-order valence-electron chi connectivity index (χ0n) is 22.9. The standard InChI is InChI=1S/C28H32F3N7O2/c1-5-21-16-38(26-25-23(36(4)27(40)35-26)12-11-20(13-32)34-25)22(6-2)15-37(21)24(14-33-17(3)39)18-7-9-19(10-8-18)28(29,30)31/h7-12,21-22,24H,5-6,14-16H2,1-4H3,(H,33,39)/t21-,22?,24?/m1/s1. The molecule has 40 heavy (non-hydrogen) atoms. The number of piperazine rings is 1. The highest BCUT2D eigenvalue weighted by atomic mass is 19.4. The second-order valence-corrected chi connectivity index (χ2v) is 10.00. The molecule has 0 saturated carbocycles. The summed E-state index contributed by atoms with van der Waals surface area (Å²) in [6.45, 7) is 6.65. The van der Waals surface area contributed by atoms with E-state index in [1.165, 1.54) is 23.6 Å². The van der Waals surface area contributed by atoms with Crippen LogP contribution < -0.4 is 15.9 Å². The first-order chi connectivity index (χ1) is 19.0.